The Hall–Kier alpha value is -2.53. The van der Waals surface area contributed by atoms with E-state index in [0.29, 0.717) is 22.0 Å². The molecule has 5 nitrogen and oxygen atoms in total. The molecular formula is C16H14ClNO4. The number of benzene rings is 2. The molecule has 0 heterocycles. The van der Waals surface area contributed by atoms with Gasteiger partial charge in [-0.2, -0.15) is 0 Å². The second-order valence-corrected chi connectivity index (χ2v) is 4.73. The van der Waals surface area contributed by atoms with Crippen LogP contribution in [-0.4, -0.2) is 25.6 Å². The van der Waals surface area contributed by atoms with Gasteiger partial charge in [0, 0.05) is 11.8 Å². The molecule has 0 fully saturated rings. The van der Waals surface area contributed by atoms with E-state index < -0.39 is 5.97 Å². The standard InChI is InChI=1S/C16H14ClNO4/c1-21-15(19)10-22-12-6-4-5-11(9-12)18-16(20)13-7-2-3-8-14(13)17/h2-9H,10H2,1H3,(H,18,20). The summed E-state index contributed by atoms with van der Waals surface area (Å²) in [5.41, 5.74) is 0.914. The summed E-state index contributed by atoms with van der Waals surface area (Å²) in [6, 6.07) is 13.5. The molecule has 0 atom stereocenters. The first kappa shape index (κ1) is 15.9. The molecule has 0 aromatic heterocycles. The summed E-state index contributed by atoms with van der Waals surface area (Å²) < 4.78 is 9.75. The lowest BCUT2D eigenvalue weighted by Crippen LogP contribution is -2.14. The van der Waals surface area contributed by atoms with Crippen molar-refractivity contribution in [2.24, 2.45) is 0 Å². The van der Waals surface area contributed by atoms with Crippen molar-refractivity contribution in [1.29, 1.82) is 0 Å². The van der Waals surface area contributed by atoms with Gasteiger partial charge in [0.15, 0.2) is 6.61 Å². The first-order valence-corrected chi connectivity index (χ1v) is 6.83. The molecule has 2 aromatic rings. The molecule has 0 aliphatic heterocycles. The highest BCUT2D eigenvalue weighted by atomic mass is 35.5. The zero-order chi connectivity index (χ0) is 15.9. The quantitative estimate of drug-likeness (QED) is 0.860. The molecule has 0 spiro atoms. The van der Waals surface area contributed by atoms with E-state index in [2.05, 4.69) is 10.1 Å². The molecule has 0 bridgehead atoms. The average molecular weight is 320 g/mol. The number of carbonyl (C=O) groups excluding carboxylic acids is 2. The first-order valence-electron chi connectivity index (χ1n) is 6.45. The van der Waals surface area contributed by atoms with E-state index in [0.717, 1.165) is 0 Å². The van der Waals surface area contributed by atoms with Crippen LogP contribution in [0.3, 0.4) is 0 Å². The number of hydrogen-bond donors (Lipinski definition) is 1. The second kappa shape index (κ2) is 7.47. The van der Waals surface area contributed by atoms with E-state index in [4.69, 9.17) is 16.3 Å². The minimum absolute atomic E-state index is 0.196. The number of hydrogen-bond acceptors (Lipinski definition) is 4. The maximum Gasteiger partial charge on any atom is 0.343 e. The Bertz CT molecular complexity index is 687. The number of halogens is 1. The van der Waals surface area contributed by atoms with Crippen LogP contribution in [0.1, 0.15) is 10.4 Å². The highest BCUT2D eigenvalue weighted by Gasteiger charge is 2.10. The van der Waals surface area contributed by atoms with E-state index in [1.165, 1.54) is 7.11 Å². The molecule has 0 aliphatic rings. The molecule has 0 saturated heterocycles. The van der Waals surface area contributed by atoms with Gasteiger partial charge < -0.3 is 14.8 Å². The maximum absolute atomic E-state index is 12.1. The van der Waals surface area contributed by atoms with Gasteiger partial charge in [0.25, 0.3) is 5.91 Å². The zero-order valence-electron chi connectivity index (χ0n) is 11.8. The normalized spacial score (nSPS) is 9.91. The Morgan fingerprint density at radius 1 is 1.14 bits per heavy atom. The molecule has 0 saturated carbocycles. The Balaban J connectivity index is 2.05. The van der Waals surface area contributed by atoms with Gasteiger partial charge in [-0.1, -0.05) is 29.8 Å². The molecular weight excluding hydrogens is 306 g/mol. The predicted molar refractivity (Wildman–Crippen MR) is 83.4 cm³/mol. The molecule has 22 heavy (non-hydrogen) atoms. The van der Waals surface area contributed by atoms with Crippen molar-refractivity contribution >= 4 is 29.2 Å². The number of anilines is 1. The lowest BCUT2D eigenvalue weighted by atomic mass is 10.2. The van der Waals surface area contributed by atoms with Crippen LogP contribution in [0, 0.1) is 0 Å². The van der Waals surface area contributed by atoms with Crippen LogP contribution in [0.15, 0.2) is 48.5 Å². The van der Waals surface area contributed by atoms with Crippen molar-refractivity contribution in [3.8, 4) is 5.75 Å². The third-order valence-corrected chi connectivity index (χ3v) is 3.12. The van der Waals surface area contributed by atoms with E-state index >= 15 is 0 Å². The van der Waals surface area contributed by atoms with Crippen LogP contribution in [-0.2, 0) is 9.53 Å². The minimum atomic E-state index is -0.481. The Labute approximate surface area is 132 Å². The van der Waals surface area contributed by atoms with Gasteiger partial charge in [-0.25, -0.2) is 4.79 Å². The number of nitrogens with one attached hydrogen (secondary N) is 1. The van der Waals surface area contributed by atoms with Crippen molar-refractivity contribution < 1.29 is 19.1 Å². The van der Waals surface area contributed by atoms with E-state index in [1.807, 2.05) is 0 Å². The van der Waals surface area contributed by atoms with E-state index in [-0.39, 0.29) is 12.5 Å². The van der Waals surface area contributed by atoms with Gasteiger partial charge in [0.1, 0.15) is 5.75 Å². The molecule has 0 radical (unpaired) electrons. The maximum atomic E-state index is 12.1. The van der Waals surface area contributed by atoms with Crippen molar-refractivity contribution in [2.75, 3.05) is 19.0 Å². The van der Waals surface area contributed by atoms with Crippen LogP contribution in [0.25, 0.3) is 0 Å². The Kier molecular flexibility index (Phi) is 5.38. The molecule has 0 aliphatic carbocycles. The lowest BCUT2D eigenvalue weighted by molar-refractivity contribution is -0.142. The monoisotopic (exact) mass is 319 g/mol. The summed E-state index contributed by atoms with van der Waals surface area (Å²) in [5.74, 6) is -0.358. The van der Waals surface area contributed by atoms with Crippen LogP contribution in [0.4, 0.5) is 5.69 Å². The smallest absolute Gasteiger partial charge is 0.343 e. The number of rotatable bonds is 5. The Morgan fingerprint density at radius 2 is 1.91 bits per heavy atom. The molecule has 2 rings (SSSR count). The molecule has 1 amide bonds. The second-order valence-electron chi connectivity index (χ2n) is 4.33. The van der Waals surface area contributed by atoms with Gasteiger partial charge >= 0.3 is 5.97 Å². The SMILES string of the molecule is COC(=O)COc1cccc(NC(=O)c2ccccc2Cl)c1. The van der Waals surface area contributed by atoms with Crippen LogP contribution < -0.4 is 10.1 Å². The largest absolute Gasteiger partial charge is 0.482 e. The molecule has 2 aromatic carbocycles. The van der Waals surface area contributed by atoms with Crippen LogP contribution in [0.2, 0.25) is 5.02 Å². The van der Waals surface area contributed by atoms with Gasteiger partial charge in [0.2, 0.25) is 0 Å². The van der Waals surface area contributed by atoms with Crippen molar-refractivity contribution in [3.63, 3.8) is 0 Å². The summed E-state index contributed by atoms with van der Waals surface area (Å²) in [6.07, 6.45) is 0. The van der Waals surface area contributed by atoms with Crippen molar-refractivity contribution in [1.82, 2.24) is 0 Å². The summed E-state index contributed by atoms with van der Waals surface area (Å²) in [6.45, 7) is -0.196. The van der Waals surface area contributed by atoms with E-state index in [1.54, 1.807) is 48.5 Å². The molecule has 114 valence electrons. The summed E-state index contributed by atoms with van der Waals surface area (Å²) >= 11 is 5.98. The molecule has 6 heteroatoms. The van der Waals surface area contributed by atoms with Crippen molar-refractivity contribution in [3.05, 3.63) is 59.1 Å². The van der Waals surface area contributed by atoms with Crippen molar-refractivity contribution in [2.45, 2.75) is 0 Å². The molecule has 0 unspecified atom stereocenters. The summed E-state index contributed by atoms with van der Waals surface area (Å²) in [7, 11) is 1.28. The Morgan fingerprint density at radius 3 is 2.64 bits per heavy atom. The first-order chi connectivity index (χ1) is 10.6. The van der Waals surface area contributed by atoms with E-state index in [9.17, 15) is 9.59 Å². The topological polar surface area (TPSA) is 64.6 Å². The van der Waals surface area contributed by atoms with Gasteiger partial charge in [-0.15, -0.1) is 0 Å². The number of carbonyl (C=O) groups is 2. The number of ether oxygens (including phenoxy) is 2. The lowest BCUT2D eigenvalue weighted by Gasteiger charge is -2.09. The number of amides is 1. The number of methoxy groups -OCH3 is 1. The van der Waals surface area contributed by atoms with Gasteiger partial charge in [-0.3, -0.25) is 4.79 Å². The molecule has 1 N–H and O–H groups in total. The summed E-state index contributed by atoms with van der Waals surface area (Å²) in [4.78, 5) is 23.2. The third-order valence-electron chi connectivity index (χ3n) is 2.79. The average Bonchev–Trinajstić information content (AvgIpc) is 2.53. The fourth-order valence-electron chi connectivity index (χ4n) is 1.71. The highest BCUT2D eigenvalue weighted by molar-refractivity contribution is 6.34. The minimum Gasteiger partial charge on any atom is -0.482 e. The summed E-state index contributed by atoms with van der Waals surface area (Å²) in [5, 5.41) is 3.09. The van der Waals surface area contributed by atoms with Gasteiger partial charge in [-0.05, 0) is 24.3 Å². The zero-order valence-corrected chi connectivity index (χ0v) is 12.6. The fraction of sp³-hybridized carbons (Fsp3) is 0.125. The fourth-order valence-corrected chi connectivity index (χ4v) is 1.93. The van der Waals surface area contributed by atoms with Crippen LogP contribution >= 0.6 is 11.6 Å². The number of esters is 1. The third kappa shape index (κ3) is 4.23. The highest BCUT2D eigenvalue weighted by Crippen LogP contribution is 2.20. The van der Waals surface area contributed by atoms with Gasteiger partial charge in [0.05, 0.1) is 17.7 Å². The van der Waals surface area contributed by atoms with Crippen LogP contribution in [0.5, 0.6) is 5.75 Å². The predicted octanol–water partition coefficient (Wildman–Crippen LogP) is 3.14.